The van der Waals surface area contributed by atoms with Crippen molar-refractivity contribution in [2.75, 3.05) is 13.1 Å². The van der Waals surface area contributed by atoms with Crippen LogP contribution < -0.4 is 5.32 Å². The van der Waals surface area contributed by atoms with Gasteiger partial charge in [0.25, 0.3) is 0 Å². The van der Waals surface area contributed by atoms with Crippen molar-refractivity contribution < 1.29 is 4.39 Å². The highest BCUT2D eigenvalue weighted by Crippen LogP contribution is 2.54. The molecule has 20 heavy (non-hydrogen) atoms. The van der Waals surface area contributed by atoms with Crippen LogP contribution >= 0.6 is 0 Å². The predicted octanol–water partition coefficient (Wildman–Crippen LogP) is 4.35. The van der Waals surface area contributed by atoms with Crippen LogP contribution in [0.3, 0.4) is 0 Å². The molecular formula is C18H26FN. The van der Waals surface area contributed by atoms with Gasteiger partial charge in [-0.1, -0.05) is 32.0 Å². The van der Waals surface area contributed by atoms with Gasteiger partial charge >= 0.3 is 0 Å². The van der Waals surface area contributed by atoms with E-state index in [2.05, 4.69) is 19.2 Å². The summed E-state index contributed by atoms with van der Waals surface area (Å²) in [5, 5.41) is 3.50. The van der Waals surface area contributed by atoms with E-state index in [1.54, 1.807) is 12.1 Å². The van der Waals surface area contributed by atoms with Gasteiger partial charge in [-0.15, -0.1) is 0 Å². The van der Waals surface area contributed by atoms with Crippen molar-refractivity contribution in [3.05, 3.63) is 35.6 Å². The van der Waals surface area contributed by atoms with Gasteiger partial charge in [0.2, 0.25) is 0 Å². The van der Waals surface area contributed by atoms with Crippen LogP contribution in [0.5, 0.6) is 0 Å². The Bertz CT molecular complexity index is 460. The van der Waals surface area contributed by atoms with Crippen LogP contribution in [0, 0.1) is 23.1 Å². The zero-order valence-electron chi connectivity index (χ0n) is 12.7. The van der Waals surface area contributed by atoms with Crippen LogP contribution in [0.25, 0.3) is 0 Å². The van der Waals surface area contributed by atoms with Gasteiger partial charge in [0.05, 0.1) is 0 Å². The quantitative estimate of drug-likeness (QED) is 0.803. The number of nitrogens with one attached hydrogen (secondary N) is 1. The molecule has 2 heteroatoms. The third-order valence-corrected chi connectivity index (χ3v) is 5.48. The maximum atomic E-state index is 14.3. The lowest BCUT2D eigenvalue weighted by atomic mass is 9.56. The first kappa shape index (κ1) is 14.1. The lowest BCUT2D eigenvalue weighted by Crippen LogP contribution is -2.47. The third kappa shape index (κ3) is 2.50. The highest BCUT2D eigenvalue weighted by Gasteiger charge is 2.46. The molecule has 1 N–H and O–H groups in total. The Balaban J connectivity index is 1.97. The molecular weight excluding hydrogens is 249 g/mol. The largest absolute Gasteiger partial charge is 0.316 e. The van der Waals surface area contributed by atoms with Crippen LogP contribution in [-0.4, -0.2) is 13.1 Å². The number of hydrogen-bond donors (Lipinski definition) is 1. The molecule has 1 saturated carbocycles. The molecule has 1 heterocycles. The lowest BCUT2D eigenvalue weighted by Gasteiger charge is -2.51. The van der Waals surface area contributed by atoms with Crippen LogP contribution in [0.4, 0.5) is 4.39 Å². The summed E-state index contributed by atoms with van der Waals surface area (Å²) < 4.78 is 14.3. The highest BCUT2D eigenvalue weighted by atomic mass is 19.1. The Hall–Kier alpha value is -0.890. The summed E-state index contributed by atoms with van der Waals surface area (Å²) in [5.74, 6) is 1.85. The predicted molar refractivity (Wildman–Crippen MR) is 81.2 cm³/mol. The molecule has 1 aliphatic heterocycles. The third-order valence-electron chi connectivity index (χ3n) is 5.48. The first-order valence-electron chi connectivity index (χ1n) is 8.06. The zero-order chi connectivity index (χ0) is 14.2. The van der Waals surface area contributed by atoms with E-state index in [1.807, 2.05) is 12.1 Å². The second kappa shape index (κ2) is 5.48. The van der Waals surface area contributed by atoms with Gasteiger partial charge in [0, 0.05) is 12.5 Å². The summed E-state index contributed by atoms with van der Waals surface area (Å²) in [7, 11) is 0. The Morgan fingerprint density at radius 2 is 1.85 bits per heavy atom. The minimum atomic E-state index is -0.0218. The molecule has 1 spiro atoms. The molecule has 0 bridgehead atoms. The van der Waals surface area contributed by atoms with Crippen LogP contribution in [0.2, 0.25) is 0 Å². The Labute approximate surface area is 122 Å². The Morgan fingerprint density at radius 1 is 1.15 bits per heavy atom. The van der Waals surface area contributed by atoms with Gasteiger partial charge in [0.1, 0.15) is 5.82 Å². The molecule has 3 rings (SSSR count). The number of rotatable bonds is 1. The molecule has 1 aromatic rings. The van der Waals surface area contributed by atoms with Crippen LogP contribution in [0.1, 0.15) is 51.0 Å². The number of benzene rings is 1. The van der Waals surface area contributed by atoms with Gasteiger partial charge in [-0.3, -0.25) is 0 Å². The minimum absolute atomic E-state index is 0.0218. The van der Waals surface area contributed by atoms with E-state index in [0.717, 1.165) is 30.5 Å². The average molecular weight is 275 g/mol. The fourth-order valence-electron chi connectivity index (χ4n) is 4.99. The molecule has 110 valence electrons. The fraction of sp³-hybridized carbons (Fsp3) is 0.667. The Morgan fingerprint density at radius 3 is 2.55 bits per heavy atom. The van der Waals surface area contributed by atoms with E-state index in [0.29, 0.717) is 11.3 Å². The molecule has 3 unspecified atom stereocenters. The van der Waals surface area contributed by atoms with Crippen molar-refractivity contribution in [1.29, 1.82) is 0 Å². The first-order valence-corrected chi connectivity index (χ1v) is 8.06. The first-order chi connectivity index (χ1) is 9.61. The molecule has 1 aliphatic carbocycles. The van der Waals surface area contributed by atoms with Crippen molar-refractivity contribution in [3.63, 3.8) is 0 Å². The topological polar surface area (TPSA) is 12.0 Å². The molecule has 2 fully saturated rings. The van der Waals surface area contributed by atoms with Crippen molar-refractivity contribution in [2.24, 2.45) is 17.3 Å². The highest BCUT2D eigenvalue weighted by molar-refractivity contribution is 5.26. The van der Waals surface area contributed by atoms with Gasteiger partial charge < -0.3 is 5.32 Å². The number of halogens is 1. The molecule has 3 atom stereocenters. The monoisotopic (exact) mass is 275 g/mol. The normalized spacial score (nSPS) is 38.0. The van der Waals surface area contributed by atoms with E-state index in [-0.39, 0.29) is 5.82 Å². The van der Waals surface area contributed by atoms with Crippen LogP contribution in [0.15, 0.2) is 24.3 Å². The van der Waals surface area contributed by atoms with Crippen molar-refractivity contribution >= 4 is 0 Å². The van der Waals surface area contributed by atoms with E-state index in [4.69, 9.17) is 0 Å². The average Bonchev–Trinajstić information content (AvgIpc) is 2.39. The van der Waals surface area contributed by atoms with E-state index in [9.17, 15) is 4.39 Å². The standard InChI is InChI=1S/C18H26FN/c1-13-9-14(2)11-18(10-13)7-8-20-12-16(18)15-5-3-4-6-17(15)19/h3-6,13-14,16,20H,7-12H2,1-2H3. The van der Waals surface area contributed by atoms with E-state index in [1.165, 1.54) is 25.7 Å². The maximum absolute atomic E-state index is 14.3. The zero-order valence-corrected chi connectivity index (χ0v) is 12.7. The van der Waals surface area contributed by atoms with Gasteiger partial charge in [-0.2, -0.15) is 0 Å². The van der Waals surface area contributed by atoms with Gasteiger partial charge in [-0.05, 0) is 61.1 Å². The minimum Gasteiger partial charge on any atom is -0.316 e. The smallest absolute Gasteiger partial charge is 0.126 e. The van der Waals surface area contributed by atoms with E-state index >= 15 is 0 Å². The van der Waals surface area contributed by atoms with Gasteiger partial charge in [-0.25, -0.2) is 4.39 Å². The summed E-state index contributed by atoms with van der Waals surface area (Å²) in [5.41, 5.74) is 1.24. The summed E-state index contributed by atoms with van der Waals surface area (Å²) in [6.07, 6.45) is 5.05. The van der Waals surface area contributed by atoms with Crippen molar-refractivity contribution in [1.82, 2.24) is 5.32 Å². The Kier molecular flexibility index (Phi) is 3.85. The fourth-order valence-corrected chi connectivity index (χ4v) is 4.99. The van der Waals surface area contributed by atoms with Crippen LogP contribution in [-0.2, 0) is 0 Å². The maximum Gasteiger partial charge on any atom is 0.126 e. The SMILES string of the molecule is CC1CC(C)CC2(CCNCC2c2ccccc2F)C1. The molecule has 2 aliphatic rings. The number of hydrogen-bond acceptors (Lipinski definition) is 1. The second-order valence-electron chi connectivity index (χ2n) is 7.24. The second-order valence-corrected chi connectivity index (χ2v) is 7.24. The summed E-state index contributed by atoms with van der Waals surface area (Å²) in [4.78, 5) is 0. The van der Waals surface area contributed by atoms with E-state index < -0.39 is 0 Å². The molecule has 1 saturated heterocycles. The van der Waals surface area contributed by atoms with Crippen molar-refractivity contribution in [2.45, 2.75) is 45.4 Å². The molecule has 0 amide bonds. The summed E-state index contributed by atoms with van der Waals surface area (Å²) >= 11 is 0. The van der Waals surface area contributed by atoms with Gasteiger partial charge in [0.15, 0.2) is 0 Å². The summed E-state index contributed by atoms with van der Waals surface area (Å²) in [6, 6.07) is 7.40. The molecule has 1 aromatic carbocycles. The molecule has 1 nitrogen and oxygen atoms in total. The molecule has 0 aromatic heterocycles. The lowest BCUT2D eigenvalue weighted by molar-refractivity contribution is 0.0459. The van der Waals surface area contributed by atoms with Crippen molar-refractivity contribution in [3.8, 4) is 0 Å². The number of piperidine rings is 1. The summed E-state index contributed by atoms with van der Waals surface area (Å²) in [6.45, 7) is 6.76. The molecule has 0 radical (unpaired) electrons.